The van der Waals surface area contributed by atoms with Crippen molar-refractivity contribution in [2.45, 2.75) is 0 Å². The molecular formula is C3H7IN2. The molecule has 0 aliphatic carbocycles. The maximum absolute atomic E-state index is 4.82. The van der Waals surface area contributed by atoms with Gasteiger partial charge in [-0.25, -0.2) is 3.53 Å². The summed E-state index contributed by atoms with van der Waals surface area (Å²) in [5, 5.41) is 0. The molecular weight excluding hydrogens is 191 g/mol. The van der Waals surface area contributed by atoms with E-state index in [0.29, 0.717) is 6.54 Å². The highest BCUT2D eigenvalue weighted by atomic mass is 127. The average molecular weight is 198 g/mol. The van der Waals surface area contributed by atoms with Crippen molar-refractivity contribution in [3.8, 4) is 12.3 Å². The molecule has 0 aromatic rings. The standard InChI is InChI=1S/C3H4IN.H3N/c1-2-3-5-4;/h1,5H,3H2;1H3. The van der Waals surface area contributed by atoms with E-state index in [4.69, 9.17) is 6.42 Å². The minimum Gasteiger partial charge on any atom is -0.344 e. The second-order valence-electron chi connectivity index (χ2n) is 0.515. The quantitative estimate of drug-likeness (QED) is 0.370. The normalized spacial score (nSPS) is 5.33. The van der Waals surface area contributed by atoms with E-state index in [1.807, 2.05) is 22.9 Å². The van der Waals surface area contributed by atoms with Crippen molar-refractivity contribution in [2.24, 2.45) is 0 Å². The summed E-state index contributed by atoms with van der Waals surface area (Å²) in [5.74, 6) is 2.40. The molecule has 0 bridgehead atoms. The van der Waals surface area contributed by atoms with E-state index >= 15 is 0 Å². The number of hydrogen-bond donors (Lipinski definition) is 2. The van der Waals surface area contributed by atoms with E-state index in [2.05, 4.69) is 9.45 Å². The molecule has 0 aliphatic rings. The van der Waals surface area contributed by atoms with Gasteiger partial charge in [0.05, 0.1) is 6.54 Å². The minimum absolute atomic E-state index is 0. The minimum atomic E-state index is 0. The van der Waals surface area contributed by atoms with E-state index in [1.54, 1.807) is 0 Å². The highest BCUT2D eigenvalue weighted by molar-refractivity contribution is 14.1. The molecule has 0 saturated heterocycles. The van der Waals surface area contributed by atoms with Crippen LogP contribution in [0.1, 0.15) is 0 Å². The van der Waals surface area contributed by atoms with Crippen LogP contribution in [0.5, 0.6) is 0 Å². The molecule has 0 radical (unpaired) electrons. The van der Waals surface area contributed by atoms with Gasteiger partial charge < -0.3 is 6.15 Å². The number of terminal acetylenes is 1. The Labute approximate surface area is 51.8 Å². The van der Waals surface area contributed by atoms with Gasteiger partial charge in [-0.1, -0.05) is 5.92 Å². The summed E-state index contributed by atoms with van der Waals surface area (Å²) in [7, 11) is 0. The second-order valence-corrected chi connectivity index (χ2v) is 1.28. The summed E-state index contributed by atoms with van der Waals surface area (Å²) in [4.78, 5) is 0. The monoisotopic (exact) mass is 198 g/mol. The summed E-state index contributed by atoms with van der Waals surface area (Å²) in [6.45, 7) is 0.653. The molecule has 0 spiro atoms. The summed E-state index contributed by atoms with van der Waals surface area (Å²) in [6, 6.07) is 0. The lowest BCUT2D eigenvalue weighted by atomic mass is 10.7. The van der Waals surface area contributed by atoms with Gasteiger partial charge in [0.25, 0.3) is 0 Å². The summed E-state index contributed by atoms with van der Waals surface area (Å²) >= 11 is 1.99. The third-order valence-electron chi connectivity index (χ3n) is 0.169. The lowest BCUT2D eigenvalue weighted by Gasteiger charge is -1.73. The number of rotatable bonds is 1. The van der Waals surface area contributed by atoms with E-state index in [-0.39, 0.29) is 6.15 Å². The molecule has 0 heterocycles. The maximum atomic E-state index is 4.82. The largest absolute Gasteiger partial charge is 0.344 e. The van der Waals surface area contributed by atoms with Crippen molar-refractivity contribution in [1.82, 2.24) is 9.68 Å². The van der Waals surface area contributed by atoms with Crippen molar-refractivity contribution in [2.75, 3.05) is 6.54 Å². The first-order chi connectivity index (χ1) is 2.41. The topological polar surface area (TPSA) is 47.0 Å². The van der Waals surface area contributed by atoms with E-state index in [0.717, 1.165) is 0 Å². The van der Waals surface area contributed by atoms with Crippen LogP contribution in [0.15, 0.2) is 0 Å². The molecule has 0 fully saturated rings. The van der Waals surface area contributed by atoms with Gasteiger partial charge in [-0.3, -0.25) is 0 Å². The summed E-state index contributed by atoms with van der Waals surface area (Å²) < 4.78 is 2.75. The van der Waals surface area contributed by atoms with Gasteiger partial charge in [-0.05, 0) is 0 Å². The zero-order valence-electron chi connectivity index (χ0n) is 3.37. The lowest BCUT2D eigenvalue weighted by molar-refractivity contribution is 1.22. The van der Waals surface area contributed by atoms with Gasteiger partial charge in [0.2, 0.25) is 0 Å². The van der Waals surface area contributed by atoms with Crippen molar-refractivity contribution >= 4 is 22.9 Å². The number of hydrogen-bond acceptors (Lipinski definition) is 2. The number of nitrogens with one attached hydrogen (secondary N) is 1. The fourth-order valence-electron chi connectivity index (χ4n) is 0.0386. The lowest BCUT2D eigenvalue weighted by Crippen LogP contribution is -1.93. The molecule has 0 aromatic carbocycles. The SMILES string of the molecule is C#CCNI.N. The first-order valence-electron chi connectivity index (χ1n) is 1.18. The predicted molar refractivity (Wildman–Crippen MR) is 35.9 cm³/mol. The third kappa shape index (κ3) is 8.88. The van der Waals surface area contributed by atoms with Gasteiger partial charge >= 0.3 is 0 Å². The van der Waals surface area contributed by atoms with E-state index in [1.165, 1.54) is 0 Å². The Bertz CT molecular complexity index is 47.2. The van der Waals surface area contributed by atoms with Crippen LogP contribution in [0.3, 0.4) is 0 Å². The molecule has 0 saturated carbocycles. The van der Waals surface area contributed by atoms with Crippen LogP contribution in [-0.4, -0.2) is 6.54 Å². The molecule has 2 nitrogen and oxygen atoms in total. The Hall–Kier alpha value is 0.210. The first-order valence-corrected chi connectivity index (χ1v) is 2.26. The van der Waals surface area contributed by atoms with Gasteiger partial charge in [0.1, 0.15) is 0 Å². The molecule has 6 heavy (non-hydrogen) atoms. The fourth-order valence-corrected chi connectivity index (χ4v) is 0.259. The molecule has 0 unspecified atom stereocenters. The van der Waals surface area contributed by atoms with Crippen LogP contribution in [0.2, 0.25) is 0 Å². The van der Waals surface area contributed by atoms with Crippen molar-refractivity contribution in [1.29, 1.82) is 0 Å². The summed E-state index contributed by atoms with van der Waals surface area (Å²) in [5.41, 5.74) is 0. The molecule has 4 N–H and O–H groups in total. The van der Waals surface area contributed by atoms with Crippen molar-refractivity contribution < 1.29 is 0 Å². The van der Waals surface area contributed by atoms with Crippen LogP contribution in [-0.2, 0) is 0 Å². The second kappa shape index (κ2) is 8.96. The predicted octanol–water partition coefficient (Wildman–Crippen LogP) is 0.721. The van der Waals surface area contributed by atoms with Crippen LogP contribution in [0, 0.1) is 12.3 Å². The van der Waals surface area contributed by atoms with Crippen LogP contribution in [0.4, 0.5) is 0 Å². The fraction of sp³-hybridized carbons (Fsp3) is 0.333. The molecule has 0 rings (SSSR count). The van der Waals surface area contributed by atoms with Crippen LogP contribution < -0.4 is 9.68 Å². The number of halogens is 1. The van der Waals surface area contributed by atoms with Gasteiger partial charge in [0, 0.05) is 22.9 Å². The van der Waals surface area contributed by atoms with Gasteiger partial charge in [-0.2, -0.15) is 0 Å². The Morgan fingerprint density at radius 2 is 2.33 bits per heavy atom. The smallest absolute Gasteiger partial charge is 0.0661 e. The Morgan fingerprint density at radius 3 is 2.33 bits per heavy atom. The van der Waals surface area contributed by atoms with Crippen LogP contribution >= 0.6 is 22.9 Å². The van der Waals surface area contributed by atoms with Gasteiger partial charge in [0.15, 0.2) is 0 Å². The Morgan fingerprint density at radius 1 is 1.83 bits per heavy atom. The van der Waals surface area contributed by atoms with Gasteiger partial charge in [-0.15, -0.1) is 6.42 Å². The van der Waals surface area contributed by atoms with E-state index in [9.17, 15) is 0 Å². The van der Waals surface area contributed by atoms with Crippen LogP contribution in [0.25, 0.3) is 0 Å². The zero-order valence-corrected chi connectivity index (χ0v) is 5.53. The summed E-state index contributed by atoms with van der Waals surface area (Å²) in [6.07, 6.45) is 4.82. The molecule has 0 amide bonds. The third-order valence-corrected chi connectivity index (χ3v) is 0.550. The molecule has 0 aliphatic heterocycles. The maximum Gasteiger partial charge on any atom is 0.0661 e. The van der Waals surface area contributed by atoms with Crippen molar-refractivity contribution in [3.05, 3.63) is 0 Å². The highest BCUT2D eigenvalue weighted by Gasteiger charge is 1.58. The molecule has 0 atom stereocenters. The molecule has 3 heteroatoms. The Balaban J connectivity index is 0. The average Bonchev–Trinajstić information content (AvgIpc) is 1.41. The zero-order chi connectivity index (χ0) is 4.12. The highest BCUT2D eigenvalue weighted by Crippen LogP contribution is 1.60. The van der Waals surface area contributed by atoms with Crippen molar-refractivity contribution in [3.63, 3.8) is 0 Å². The first kappa shape index (κ1) is 9.51. The molecule has 0 aromatic heterocycles. The molecule has 36 valence electrons. The Kier molecular flexibility index (Phi) is 14.2. The van der Waals surface area contributed by atoms with E-state index < -0.39 is 0 Å².